The van der Waals surface area contributed by atoms with E-state index in [1.165, 1.54) is 13.2 Å². The molecule has 1 aromatic carbocycles. The van der Waals surface area contributed by atoms with Crippen molar-refractivity contribution in [3.05, 3.63) is 41.6 Å². The summed E-state index contributed by atoms with van der Waals surface area (Å²) < 4.78 is 4.60. The Morgan fingerprint density at radius 2 is 2.13 bits per heavy atom. The van der Waals surface area contributed by atoms with E-state index in [0.717, 1.165) is 10.5 Å². The number of methoxy groups -OCH3 is 1. The highest BCUT2D eigenvalue weighted by molar-refractivity contribution is 6.17. The minimum absolute atomic E-state index is 0.0293. The molecule has 0 atom stereocenters. The topological polar surface area (TPSA) is 95.9 Å². The van der Waals surface area contributed by atoms with Crippen LogP contribution >= 0.6 is 0 Å². The molecule has 2 rings (SSSR count). The first-order valence-corrected chi connectivity index (χ1v) is 7.16. The fourth-order valence-corrected chi connectivity index (χ4v) is 2.22. The zero-order valence-corrected chi connectivity index (χ0v) is 12.7. The summed E-state index contributed by atoms with van der Waals surface area (Å²) in [6.45, 7) is -0.305. The van der Waals surface area contributed by atoms with Crippen LogP contribution < -0.4 is 5.32 Å². The fourth-order valence-electron chi connectivity index (χ4n) is 2.22. The average molecular weight is 318 g/mol. The Kier molecular flexibility index (Phi) is 5.48. The molecule has 23 heavy (non-hydrogen) atoms. The number of amides is 2. The summed E-state index contributed by atoms with van der Waals surface area (Å²) in [5, 5.41) is 11.8. The molecule has 122 valence electrons. The third kappa shape index (κ3) is 4.17. The van der Waals surface area contributed by atoms with Gasteiger partial charge >= 0.3 is 5.97 Å². The normalized spacial score (nSPS) is 14.0. The molecule has 0 unspecified atom stereocenters. The van der Waals surface area contributed by atoms with Gasteiger partial charge in [-0.05, 0) is 24.1 Å². The second kappa shape index (κ2) is 7.55. The first-order chi connectivity index (χ1) is 11.0. The van der Waals surface area contributed by atoms with Gasteiger partial charge in [-0.1, -0.05) is 12.1 Å². The number of β-amino-alcohol motifs (C(OH)–C–C–N with tert-alkyl or cyclic N) is 1. The molecule has 0 radical (unpaired) electrons. The Morgan fingerprint density at radius 1 is 1.35 bits per heavy atom. The minimum Gasteiger partial charge on any atom is -0.469 e. The number of carbonyl (C=O) groups is 3. The number of nitrogens with one attached hydrogen (secondary N) is 1. The Bertz CT molecular complexity index is 654. The number of benzene rings is 1. The van der Waals surface area contributed by atoms with E-state index in [4.69, 9.17) is 5.11 Å². The predicted molar refractivity (Wildman–Crippen MR) is 82.3 cm³/mol. The van der Waals surface area contributed by atoms with E-state index in [9.17, 15) is 14.4 Å². The van der Waals surface area contributed by atoms with Crippen molar-refractivity contribution in [3.63, 3.8) is 0 Å². The second-order valence-electron chi connectivity index (χ2n) is 4.98. The SMILES string of the molecule is COC(=O)CCc1cccc(NC2=CC(=O)N(CCO)C2=O)c1. The quantitative estimate of drug-likeness (QED) is 0.560. The molecule has 0 aromatic heterocycles. The van der Waals surface area contributed by atoms with E-state index in [-0.39, 0.29) is 31.2 Å². The summed E-state index contributed by atoms with van der Waals surface area (Å²) in [7, 11) is 1.34. The molecule has 1 aromatic rings. The Balaban J connectivity index is 2.03. The number of esters is 1. The standard InChI is InChI=1S/C16H18N2O5/c1-23-15(21)6-5-11-3-2-4-12(9-11)17-13-10-14(20)18(7-8-19)16(13)22/h2-4,9-10,17,19H,5-8H2,1H3. The zero-order chi connectivity index (χ0) is 16.8. The summed E-state index contributed by atoms with van der Waals surface area (Å²) in [4.78, 5) is 35.9. The van der Waals surface area contributed by atoms with E-state index in [1.807, 2.05) is 6.07 Å². The van der Waals surface area contributed by atoms with Crippen LogP contribution in [0.1, 0.15) is 12.0 Å². The van der Waals surface area contributed by atoms with Gasteiger partial charge < -0.3 is 15.2 Å². The summed E-state index contributed by atoms with van der Waals surface area (Å²) >= 11 is 0. The van der Waals surface area contributed by atoms with Crippen molar-refractivity contribution < 1.29 is 24.2 Å². The molecule has 0 saturated heterocycles. The highest BCUT2D eigenvalue weighted by Gasteiger charge is 2.30. The van der Waals surface area contributed by atoms with Crippen LogP contribution in [-0.4, -0.2) is 48.1 Å². The number of aliphatic hydroxyl groups is 1. The number of carbonyl (C=O) groups excluding carboxylic acids is 3. The molecule has 7 heteroatoms. The van der Waals surface area contributed by atoms with Crippen LogP contribution in [0, 0.1) is 0 Å². The molecule has 2 amide bonds. The number of aryl methyl sites for hydroxylation is 1. The maximum absolute atomic E-state index is 12.1. The second-order valence-corrected chi connectivity index (χ2v) is 4.98. The maximum Gasteiger partial charge on any atom is 0.305 e. The van der Waals surface area contributed by atoms with Gasteiger partial charge in [-0.2, -0.15) is 0 Å². The predicted octanol–water partition coefficient (Wildman–Crippen LogP) is 0.449. The summed E-state index contributed by atoms with van der Waals surface area (Å²) in [6, 6.07) is 7.22. The van der Waals surface area contributed by atoms with Crippen molar-refractivity contribution in [3.8, 4) is 0 Å². The summed E-state index contributed by atoms with van der Waals surface area (Å²) in [5.41, 5.74) is 1.71. The highest BCUT2D eigenvalue weighted by atomic mass is 16.5. The lowest BCUT2D eigenvalue weighted by atomic mass is 10.1. The Hall–Kier alpha value is -2.67. The van der Waals surface area contributed by atoms with Crippen LogP contribution in [0.4, 0.5) is 5.69 Å². The van der Waals surface area contributed by atoms with Gasteiger partial charge in [-0.15, -0.1) is 0 Å². The monoisotopic (exact) mass is 318 g/mol. The molecule has 1 aliphatic heterocycles. The number of hydrogen-bond donors (Lipinski definition) is 2. The average Bonchev–Trinajstić information content (AvgIpc) is 2.81. The summed E-state index contributed by atoms with van der Waals surface area (Å²) in [6.07, 6.45) is 1.99. The zero-order valence-electron chi connectivity index (χ0n) is 12.7. The fraction of sp³-hybridized carbons (Fsp3) is 0.312. The smallest absolute Gasteiger partial charge is 0.305 e. The van der Waals surface area contributed by atoms with Gasteiger partial charge in [-0.25, -0.2) is 0 Å². The number of nitrogens with zero attached hydrogens (tertiary/aromatic N) is 1. The molecule has 1 heterocycles. The molecule has 0 aliphatic carbocycles. The highest BCUT2D eigenvalue weighted by Crippen LogP contribution is 2.18. The van der Waals surface area contributed by atoms with Crippen LogP contribution in [0.15, 0.2) is 36.0 Å². The maximum atomic E-state index is 12.1. The molecule has 1 aliphatic rings. The van der Waals surface area contributed by atoms with Crippen molar-refractivity contribution in [2.45, 2.75) is 12.8 Å². The van der Waals surface area contributed by atoms with Crippen LogP contribution in [0.2, 0.25) is 0 Å². The van der Waals surface area contributed by atoms with Gasteiger partial charge in [-0.3, -0.25) is 19.3 Å². The molecule has 0 saturated carbocycles. The van der Waals surface area contributed by atoms with Crippen molar-refractivity contribution in [1.29, 1.82) is 0 Å². The number of anilines is 1. The first-order valence-electron chi connectivity index (χ1n) is 7.16. The largest absolute Gasteiger partial charge is 0.469 e. The minimum atomic E-state index is -0.469. The van der Waals surface area contributed by atoms with E-state index < -0.39 is 11.8 Å². The van der Waals surface area contributed by atoms with Gasteiger partial charge in [0.05, 0.1) is 20.3 Å². The molecular formula is C16H18N2O5. The summed E-state index contributed by atoms with van der Waals surface area (Å²) in [5.74, 6) is -1.21. The van der Waals surface area contributed by atoms with Gasteiger partial charge in [0.2, 0.25) is 0 Å². The first kappa shape index (κ1) is 16.7. The van der Waals surface area contributed by atoms with Crippen molar-refractivity contribution in [2.75, 3.05) is 25.6 Å². The lowest BCUT2D eigenvalue weighted by Crippen LogP contribution is -2.34. The van der Waals surface area contributed by atoms with E-state index >= 15 is 0 Å². The van der Waals surface area contributed by atoms with E-state index in [2.05, 4.69) is 10.1 Å². The van der Waals surface area contributed by atoms with Crippen LogP contribution in [0.5, 0.6) is 0 Å². The van der Waals surface area contributed by atoms with Gasteiger partial charge in [0.15, 0.2) is 0 Å². The number of imide groups is 1. The molecule has 7 nitrogen and oxygen atoms in total. The Labute approximate surface area is 133 Å². The molecule has 0 bridgehead atoms. The van der Waals surface area contributed by atoms with Crippen molar-refractivity contribution >= 4 is 23.5 Å². The molecule has 2 N–H and O–H groups in total. The number of aliphatic hydroxyl groups excluding tert-OH is 1. The van der Waals surface area contributed by atoms with Gasteiger partial charge in [0, 0.05) is 18.2 Å². The molecular weight excluding hydrogens is 300 g/mol. The van der Waals surface area contributed by atoms with Crippen LogP contribution in [-0.2, 0) is 25.5 Å². The number of ether oxygens (including phenoxy) is 1. The van der Waals surface area contributed by atoms with Crippen LogP contribution in [0.3, 0.4) is 0 Å². The third-order valence-electron chi connectivity index (χ3n) is 3.38. The van der Waals surface area contributed by atoms with Crippen molar-refractivity contribution in [1.82, 2.24) is 4.90 Å². The lowest BCUT2D eigenvalue weighted by molar-refractivity contribution is -0.140. The van der Waals surface area contributed by atoms with Crippen molar-refractivity contribution in [2.24, 2.45) is 0 Å². The molecule has 0 fully saturated rings. The lowest BCUT2D eigenvalue weighted by Gasteiger charge is -2.13. The van der Waals surface area contributed by atoms with E-state index in [0.29, 0.717) is 12.1 Å². The van der Waals surface area contributed by atoms with Crippen LogP contribution in [0.25, 0.3) is 0 Å². The van der Waals surface area contributed by atoms with E-state index in [1.54, 1.807) is 18.2 Å². The Morgan fingerprint density at radius 3 is 2.83 bits per heavy atom. The molecule has 0 spiro atoms. The number of hydrogen-bond acceptors (Lipinski definition) is 6. The number of rotatable bonds is 7. The third-order valence-corrected chi connectivity index (χ3v) is 3.38. The van der Waals surface area contributed by atoms with Gasteiger partial charge in [0.1, 0.15) is 5.70 Å². The van der Waals surface area contributed by atoms with Gasteiger partial charge in [0.25, 0.3) is 11.8 Å².